The van der Waals surface area contributed by atoms with Gasteiger partial charge in [-0.25, -0.2) is 4.99 Å². The number of unbranched alkanes of at least 4 members (excludes halogenated alkanes) is 2. The lowest BCUT2D eigenvalue weighted by Gasteiger charge is -2.35. The predicted molar refractivity (Wildman–Crippen MR) is 72.9 cm³/mol. The van der Waals surface area contributed by atoms with E-state index in [1.807, 2.05) is 6.92 Å². The highest BCUT2D eigenvalue weighted by Crippen LogP contribution is 2.21. The van der Waals surface area contributed by atoms with Crippen LogP contribution < -0.4 is 0 Å². The van der Waals surface area contributed by atoms with Gasteiger partial charge in [0.1, 0.15) is 6.54 Å². The highest BCUT2D eigenvalue weighted by molar-refractivity contribution is 5.78. The van der Waals surface area contributed by atoms with Crippen LogP contribution in [0.4, 0.5) is 0 Å². The molecule has 0 aromatic rings. The lowest BCUT2D eigenvalue weighted by molar-refractivity contribution is -0.882. The van der Waals surface area contributed by atoms with Crippen molar-refractivity contribution in [1.82, 2.24) is 0 Å². The first kappa shape index (κ1) is 14.4. The smallest absolute Gasteiger partial charge is 0.204 e. The molecule has 0 amide bonds. The highest BCUT2D eigenvalue weighted by atomic mass is 16.3. The zero-order valence-corrected chi connectivity index (χ0v) is 11.5. The van der Waals surface area contributed by atoms with Crippen LogP contribution in [-0.2, 0) is 0 Å². The van der Waals surface area contributed by atoms with Gasteiger partial charge < -0.3 is 5.11 Å². The van der Waals surface area contributed by atoms with Gasteiger partial charge in [0.2, 0.25) is 5.84 Å². The number of quaternary nitrogens is 1. The Labute approximate surface area is 105 Å². The molecule has 0 aromatic carbocycles. The van der Waals surface area contributed by atoms with Crippen molar-refractivity contribution >= 4 is 5.84 Å². The Bertz CT molecular complexity index is 284. The Morgan fingerprint density at radius 2 is 2.18 bits per heavy atom. The third-order valence-electron chi connectivity index (χ3n) is 3.78. The number of hydrogen-bond acceptors (Lipinski definition) is 2. The Hall–Kier alpha value is -0.670. The zero-order chi connectivity index (χ0) is 12.7. The molecule has 0 bridgehead atoms. The molecule has 2 unspecified atom stereocenters. The Morgan fingerprint density at radius 1 is 1.41 bits per heavy atom. The van der Waals surface area contributed by atoms with Crippen LogP contribution in [0.3, 0.4) is 0 Å². The molecule has 2 atom stereocenters. The molecule has 0 saturated carbocycles. The first-order valence-electron chi connectivity index (χ1n) is 6.91. The van der Waals surface area contributed by atoms with Gasteiger partial charge in [0.25, 0.3) is 0 Å². The standard InChI is InChI=1S/C14H27N2O/c1-4-6-7-8-9-10-14-15-11-12-16(14,5-2)13(3)17/h8-9,13,17H,4-7,10-12H2,1-3H3/q+1/b9-8+. The molecule has 98 valence electrons. The van der Waals surface area contributed by atoms with Crippen LogP contribution in [0.25, 0.3) is 0 Å². The minimum Gasteiger partial charge on any atom is -0.345 e. The van der Waals surface area contributed by atoms with Crippen molar-refractivity contribution in [1.29, 1.82) is 0 Å². The summed E-state index contributed by atoms with van der Waals surface area (Å²) in [4.78, 5) is 4.58. The fraction of sp³-hybridized carbons (Fsp3) is 0.786. The molecule has 0 fully saturated rings. The van der Waals surface area contributed by atoms with Crippen molar-refractivity contribution in [3.8, 4) is 0 Å². The van der Waals surface area contributed by atoms with Crippen LogP contribution in [0, 0.1) is 0 Å². The molecule has 1 aliphatic heterocycles. The molecule has 3 nitrogen and oxygen atoms in total. The van der Waals surface area contributed by atoms with Crippen molar-refractivity contribution in [3.05, 3.63) is 12.2 Å². The second-order valence-electron chi connectivity index (χ2n) is 4.82. The molecule has 1 N–H and O–H groups in total. The number of allylic oxidation sites excluding steroid dienone is 1. The largest absolute Gasteiger partial charge is 0.345 e. The molecule has 1 aliphatic rings. The second kappa shape index (κ2) is 6.92. The van der Waals surface area contributed by atoms with Crippen molar-refractivity contribution in [2.24, 2.45) is 4.99 Å². The van der Waals surface area contributed by atoms with Gasteiger partial charge in [-0.2, -0.15) is 0 Å². The number of amidine groups is 1. The monoisotopic (exact) mass is 239 g/mol. The van der Waals surface area contributed by atoms with Gasteiger partial charge in [-0.1, -0.05) is 31.9 Å². The third kappa shape index (κ3) is 3.39. The number of likely N-dealkylation sites (N-methyl/N-ethyl adjacent to an activating group) is 1. The Morgan fingerprint density at radius 3 is 2.76 bits per heavy atom. The summed E-state index contributed by atoms with van der Waals surface area (Å²) in [5.41, 5.74) is 0. The lowest BCUT2D eigenvalue weighted by Crippen LogP contribution is -2.56. The molecule has 0 aromatic heterocycles. The van der Waals surface area contributed by atoms with Crippen LogP contribution in [0.15, 0.2) is 17.1 Å². The molecule has 0 aliphatic carbocycles. The average Bonchev–Trinajstić information content (AvgIpc) is 2.73. The molecule has 0 spiro atoms. The number of aliphatic hydroxyl groups is 1. The molecular weight excluding hydrogens is 212 g/mol. The SMILES string of the molecule is CCCC/C=C/CC1=NCC[N+]1(CC)C(C)O. The fourth-order valence-electron chi connectivity index (χ4n) is 2.51. The van der Waals surface area contributed by atoms with Crippen LogP contribution in [0.5, 0.6) is 0 Å². The van der Waals surface area contributed by atoms with Crippen molar-refractivity contribution in [2.45, 2.75) is 52.7 Å². The van der Waals surface area contributed by atoms with Gasteiger partial charge in [0.05, 0.1) is 19.5 Å². The van der Waals surface area contributed by atoms with Gasteiger partial charge in [0, 0.05) is 6.92 Å². The Kier molecular flexibility index (Phi) is 5.86. The fourth-order valence-corrected chi connectivity index (χ4v) is 2.51. The van der Waals surface area contributed by atoms with E-state index in [4.69, 9.17) is 0 Å². The summed E-state index contributed by atoms with van der Waals surface area (Å²) in [6.07, 6.45) is 8.67. The van der Waals surface area contributed by atoms with Crippen LogP contribution in [-0.4, -0.2) is 41.3 Å². The molecule has 17 heavy (non-hydrogen) atoms. The van der Waals surface area contributed by atoms with Crippen molar-refractivity contribution in [2.75, 3.05) is 19.6 Å². The minimum absolute atomic E-state index is 0.342. The van der Waals surface area contributed by atoms with Crippen LogP contribution in [0.2, 0.25) is 0 Å². The quantitative estimate of drug-likeness (QED) is 0.413. The van der Waals surface area contributed by atoms with E-state index in [0.717, 1.165) is 38.3 Å². The summed E-state index contributed by atoms with van der Waals surface area (Å²) < 4.78 is 0.665. The third-order valence-corrected chi connectivity index (χ3v) is 3.78. The predicted octanol–water partition coefficient (Wildman–Crippen LogP) is 2.71. The topological polar surface area (TPSA) is 32.6 Å². The van der Waals surface area contributed by atoms with Gasteiger partial charge in [-0.15, -0.1) is 0 Å². The normalized spacial score (nSPS) is 26.5. The van der Waals surface area contributed by atoms with E-state index in [1.54, 1.807) is 0 Å². The zero-order valence-electron chi connectivity index (χ0n) is 11.5. The maximum Gasteiger partial charge on any atom is 0.204 e. The number of aliphatic hydroxyl groups excluding tert-OH is 1. The number of hydrogen-bond donors (Lipinski definition) is 1. The van der Waals surface area contributed by atoms with E-state index in [-0.39, 0.29) is 6.23 Å². The van der Waals surface area contributed by atoms with Crippen molar-refractivity contribution < 1.29 is 9.59 Å². The highest BCUT2D eigenvalue weighted by Gasteiger charge is 2.39. The summed E-state index contributed by atoms with van der Waals surface area (Å²) in [5.74, 6) is 1.15. The average molecular weight is 239 g/mol. The van der Waals surface area contributed by atoms with E-state index in [2.05, 4.69) is 31.0 Å². The molecule has 0 saturated heterocycles. The maximum atomic E-state index is 9.98. The second-order valence-corrected chi connectivity index (χ2v) is 4.82. The van der Waals surface area contributed by atoms with Crippen LogP contribution in [0.1, 0.15) is 46.5 Å². The van der Waals surface area contributed by atoms with Gasteiger partial charge in [-0.3, -0.25) is 4.48 Å². The van der Waals surface area contributed by atoms with Gasteiger partial charge in [0.15, 0.2) is 6.23 Å². The van der Waals surface area contributed by atoms with E-state index in [9.17, 15) is 5.11 Å². The first-order valence-corrected chi connectivity index (χ1v) is 6.91. The molecule has 3 heteroatoms. The van der Waals surface area contributed by atoms with E-state index < -0.39 is 0 Å². The maximum absolute atomic E-state index is 9.98. The van der Waals surface area contributed by atoms with Crippen LogP contribution >= 0.6 is 0 Å². The first-order chi connectivity index (χ1) is 8.17. The number of rotatable bonds is 7. The van der Waals surface area contributed by atoms with E-state index in [0.29, 0.717) is 4.48 Å². The number of aliphatic imine (C=N–C) groups is 1. The number of nitrogens with zero attached hydrogens (tertiary/aromatic N) is 2. The van der Waals surface area contributed by atoms with E-state index in [1.165, 1.54) is 12.8 Å². The summed E-state index contributed by atoms with van der Waals surface area (Å²) in [6, 6.07) is 0. The summed E-state index contributed by atoms with van der Waals surface area (Å²) in [5, 5.41) is 9.98. The lowest BCUT2D eigenvalue weighted by atomic mass is 10.2. The van der Waals surface area contributed by atoms with Gasteiger partial charge >= 0.3 is 0 Å². The van der Waals surface area contributed by atoms with Crippen molar-refractivity contribution in [3.63, 3.8) is 0 Å². The molecule has 0 radical (unpaired) electrons. The molecule has 1 heterocycles. The van der Waals surface area contributed by atoms with Gasteiger partial charge in [-0.05, 0) is 13.3 Å². The summed E-state index contributed by atoms with van der Waals surface area (Å²) in [7, 11) is 0. The minimum atomic E-state index is -0.342. The summed E-state index contributed by atoms with van der Waals surface area (Å²) >= 11 is 0. The van der Waals surface area contributed by atoms with E-state index >= 15 is 0 Å². The molecule has 1 rings (SSSR count). The Balaban J connectivity index is 2.54. The molecular formula is C14H27N2O+. The summed E-state index contributed by atoms with van der Waals surface area (Å²) in [6.45, 7) is 8.96.